The summed E-state index contributed by atoms with van der Waals surface area (Å²) in [6.07, 6.45) is 0.683. The Morgan fingerprint density at radius 1 is 1.20 bits per heavy atom. The van der Waals surface area contributed by atoms with Gasteiger partial charge in [-0.1, -0.05) is 30.1 Å². The van der Waals surface area contributed by atoms with Crippen LogP contribution in [0.3, 0.4) is 0 Å². The average molecular weight is 376 g/mol. The minimum Gasteiger partial charge on any atom is -0.454 e. The van der Waals surface area contributed by atoms with Crippen LogP contribution >= 0.6 is 39.1 Å². The molecule has 0 spiro atoms. The van der Waals surface area contributed by atoms with E-state index in [1.165, 1.54) is 0 Å². The fourth-order valence-electron chi connectivity index (χ4n) is 1.95. The van der Waals surface area contributed by atoms with Gasteiger partial charge in [-0.3, -0.25) is 0 Å². The molecule has 1 aromatic heterocycles. The van der Waals surface area contributed by atoms with Crippen LogP contribution in [0.4, 0.5) is 0 Å². The van der Waals surface area contributed by atoms with E-state index in [1.54, 1.807) is 6.07 Å². The minimum atomic E-state index is 0.203. The molecule has 1 aliphatic heterocycles. The molecule has 0 N–H and O–H groups in total. The van der Waals surface area contributed by atoms with Gasteiger partial charge in [0, 0.05) is 11.1 Å². The first-order valence-corrected chi connectivity index (χ1v) is 7.46. The van der Waals surface area contributed by atoms with Crippen molar-refractivity contribution in [3.8, 4) is 22.9 Å². The molecule has 0 aliphatic carbocycles. The molecular weight excluding hydrogens is 367 g/mol. The zero-order valence-electron chi connectivity index (χ0n) is 10.4. The molecule has 2 heterocycles. The lowest BCUT2D eigenvalue weighted by molar-refractivity contribution is 0.173. The first-order chi connectivity index (χ1) is 9.60. The highest BCUT2D eigenvalue weighted by Gasteiger charge is 2.20. The van der Waals surface area contributed by atoms with Gasteiger partial charge < -0.3 is 9.47 Å². The summed E-state index contributed by atoms with van der Waals surface area (Å²) in [6.45, 7) is 2.15. The lowest BCUT2D eigenvalue weighted by atomic mass is 10.2. The van der Waals surface area contributed by atoms with E-state index < -0.39 is 0 Å². The molecule has 0 fully saturated rings. The molecule has 0 atom stereocenters. The quantitative estimate of drug-likeness (QED) is 0.724. The van der Waals surface area contributed by atoms with E-state index in [0.29, 0.717) is 34.1 Å². The maximum absolute atomic E-state index is 6.14. The van der Waals surface area contributed by atoms with Crippen LogP contribution in [0, 0.1) is 0 Å². The van der Waals surface area contributed by atoms with Crippen LogP contribution < -0.4 is 9.47 Å². The predicted octanol–water partition coefficient (Wildman–Crippen LogP) is 4.50. The Hall–Kier alpha value is -1.04. The Bertz CT molecular complexity index is 671. The maximum Gasteiger partial charge on any atom is 0.231 e. The van der Waals surface area contributed by atoms with E-state index in [-0.39, 0.29) is 6.79 Å². The van der Waals surface area contributed by atoms with E-state index in [9.17, 15) is 0 Å². The normalized spacial score (nSPS) is 12.8. The first kappa shape index (κ1) is 13.9. The van der Waals surface area contributed by atoms with Gasteiger partial charge in [0.2, 0.25) is 6.79 Å². The van der Waals surface area contributed by atoms with E-state index in [0.717, 1.165) is 15.6 Å². The molecule has 0 unspecified atom stereocenters. The average Bonchev–Trinajstić information content (AvgIpc) is 2.87. The number of halogens is 3. The van der Waals surface area contributed by atoms with E-state index in [1.807, 2.05) is 13.0 Å². The summed E-state index contributed by atoms with van der Waals surface area (Å²) in [7, 11) is 0. The zero-order chi connectivity index (χ0) is 14.3. The summed E-state index contributed by atoms with van der Waals surface area (Å²) in [5.74, 6) is 1.78. The Morgan fingerprint density at radius 2 is 1.90 bits per heavy atom. The number of hydrogen-bond donors (Lipinski definition) is 0. The molecule has 1 aliphatic rings. The first-order valence-electron chi connectivity index (χ1n) is 5.91. The molecule has 3 rings (SSSR count). The van der Waals surface area contributed by atoms with E-state index in [2.05, 4.69) is 25.9 Å². The van der Waals surface area contributed by atoms with Crippen LogP contribution in [0.1, 0.15) is 12.5 Å². The summed E-state index contributed by atoms with van der Waals surface area (Å²) in [5, 5.41) is 0.743. The fourth-order valence-corrected chi connectivity index (χ4v) is 3.16. The van der Waals surface area contributed by atoms with Crippen molar-refractivity contribution < 1.29 is 9.47 Å². The molecule has 0 amide bonds. The molecule has 0 radical (unpaired) electrons. The molecule has 20 heavy (non-hydrogen) atoms. The summed E-state index contributed by atoms with van der Waals surface area (Å²) >= 11 is 15.7. The topological polar surface area (TPSA) is 44.2 Å². The Labute approximate surface area is 134 Å². The summed E-state index contributed by atoms with van der Waals surface area (Å²) in [5.41, 5.74) is 1.50. The largest absolute Gasteiger partial charge is 0.454 e. The number of fused-ring (bicyclic) bond motifs is 1. The van der Waals surface area contributed by atoms with Crippen molar-refractivity contribution in [2.75, 3.05) is 6.79 Å². The maximum atomic E-state index is 6.14. The Kier molecular flexibility index (Phi) is 3.75. The van der Waals surface area contributed by atoms with Gasteiger partial charge in [0.25, 0.3) is 0 Å². The third-order valence-corrected chi connectivity index (χ3v) is 4.16. The van der Waals surface area contributed by atoms with Gasteiger partial charge in [0.1, 0.15) is 10.3 Å². The van der Waals surface area contributed by atoms with Crippen molar-refractivity contribution in [3.05, 3.63) is 32.5 Å². The highest BCUT2D eigenvalue weighted by Crippen LogP contribution is 2.42. The zero-order valence-corrected chi connectivity index (χ0v) is 13.5. The lowest BCUT2D eigenvalue weighted by Gasteiger charge is -2.08. The predicted molar refractivity (Wildman–Crippen MR) is 80.7 cm³/mol. The van der Waals surface area contributed by atoms with Gasteiger partial charge in [-0.25, -0.2) is 9.97 Å². The standard InChI is InChI=1S/C13H9BrCl2N2O2/c1-2-7-11(15)17-13(18-12(7)16)6-3-8(14)10-9(4-6)19-5-20-10/h3-4H,2,5H2,1H3. The van der Waals surface area contributed by atoms with E-state index >= 15 is 0 Å². The molecule has 0 saturated carbocycles. The number of aromatic nitrogens is 2. The second-order valence-electron chi connectivity index (χ2n) is 4.15. The molecule has 0 saturated heterocycles. The van der Waals surface area contributed by atoms with Crippen LogP contribution in [0.15, 0.2) is 16.6 Å². The lowest BCUT2D eigenvalue weighted by Crippen LogP contribution is -1.96. The Balaban J connectivity index is 2.12. The monoisotopic (exact) mass is 374 g/mol. The van der Waals surface area contributed by atoms with Crippen molar-refractivity contribution >= 4 is 39.1 Å². The van der Waals surface area contributed by atoms with Crippen LogP contribution in [0.5, 0.6) is 11.5 Å². The molecule has 1 aromatic carbocycles. The summed E-state index contributed by atoms with van der Waals surface area (Å²) in [4.78, 5) is 8.59. The number of rotatable bonds is 2. The molecule has 0 bridgehead atoms. The number of hydrogen-bond acceptors (Lipinski definition) is 4. The smallest absolute Gasteiger partial charge is 0.231 e. The van der Waals surface area contributed by atoms with E-state index in [4.69, 9.17) is 32.7 Å². The van der Waals surface area contributed by atoms with Crippen LogP contribution in [-0.4, -0.2) is 16.8 Å². The fraction of sp³-hybridized carbons (Fsp3) is 0.231. The van der Waals surface area contributed by atoms with Crippen LogP contribution in [-0.2, 0) is 6.42 Å². The second-order valence-corrected chi connectivity index (χ2v) is 5.72. The van der Waals surface area contributed by atoms with Gasteiger partial charge in [0.05, 0.1) is 4.47 Å². The van der Waals surface area contributed by atoms with Crippen molar-refractivity contribution in [2.24, 2.45) is 0 Å². The third-order valence-electron chi connectivity index (χ3n) is 2.95. The van der Waals surface area contributed by atoms with Gasteiger partial charge in [0.15, 0.2) is 17.3 Å². The van der Waals surface area contributed by atoms with Crippen molar-refractivity contribution in [1.82, 2.24) is 9.97 Å². The van der Waals surface area contributed by atoms with Crippen molar-refractivity contribution in [2.45, 2.75) is 13.3 Å². The molecule has 4 nitrogen and oxygen atoms in total. The molecule has 104 valence electrons. The van der Waals surface area contributed by atoms with Crippen LogP contribution in [0.25, 0.3) is 11.4 Å². The number of nitrogens with zero attached hydrogens (tertiary/aromatic N) is 2. The molecule has 7 heteroatoms. The van der Waals surface area contributed by atoms with Gasteiger partial charge in [-0.2, -0.15) is 0 Å². The number of ether oxygens (including phenoxy) is 2. The van der Waals surface area contributed by atoms with Gasteiger partial charge in [-0.15, -0.1) is 0 Å². The summed E-state index contributed by atoms with van der Waals surface area (Å²) < 4.78 is 11.5. The summed E-state index contributed by atoms with van der Waals surface area (Å²) in [6, 6.07) is 3.65. The highest BCUT2D eigenvalue weighted by molar-refractivity contribution is 9.10. The second kappa shape index (κ2) is 5.39. The Morgan fingerprint density at radius 3 is 2.55 bits per heavy atom. The van der Waals surface area contributed by atoms with Gasteiger partial charge >= 0.3 is 0 Å². The number of benzene rings is 1. The SMILES string of the molecule is CCc1c(Cl)nc(-c2cc(Br)c3c(c2)OCO3)nc1Cl. The molecular formula is C13H9BrCl2N2O2. The van der Waals surface area contributed by atoms with Crippen LogP contribution in [0.2, 0.25) is 10.3 Å². The van der Waals surface area contributed by atoms with Crippen molar-refractivity contribution in [1.29, 1.82) is 0 Å². The van der Waals surface area contributed by atoms with Crippen molar-refractivity contribution in [3.63, 3.8) is 0 Å². The molecule has 2 aromatic rings. The third kappa shape index (κ3) is 2.34. The van der Waals surface area contributed by atoms with Gasteiger partial charge in [-0.05, 0) is 34.5 Å². The highest BCUT2D eigenvalue weighted by atomic mass is 79.9. The minimum absolute atomic E-state index is 0.203.